The lowest BCUT2D eigenvalue weighted by Gasteiger charge is -2.33. The number of hydrogen-bond donors (Lipinski definition) is 2. The molecule has 1 saturated carbocycles. The molecule has 118 heavy (non-hydrogen) atoms. The highest BCUT2D eigenvalue weighted by Gasteiger charge is 2.30. The van der Waals surface area contributed by atoms with Gasteiger partial charge in [0.1, 0.15) is 97.8 Å². The molecule has 2 unspecified atom stereocenters. The van der Waals surface area contributed by atoms with E-state index in [1.54, 1.807) is 60.7 Å². The van der Waals surface area contributed by atoms with Crippen LogP contribution >= 0.6 is 0 Å². The maximum absolute atomic E-state index is 15.5. The molecule has 1 aliphatic rings. The summed E-state index contributed by atoms with van der Waals surface area (Å²) in [5, 5.41) is 6.72. The third kappa shape index (κ3) is 21.3. The van der Waals surface area contributed by atoms with Crippen molar-refractivity contribution in [3.8, 4) is 80.1 Å². The molecule has 596 valence electrons. The van der Waals surface area contributed by atoms with Gasteiger partial charge in [-0.2, -0.15) is 0 Å². The van der Waals surface area contributed by atoms with Crippen molar-refractivity contribution in [3.05, 3.63) is 368 Å². The van der Waals surface area contributed by atoms with E-state index < -0.39 is 10.9 Å². The van der Waals surface area contributed by atoms with Crippen molar-refractivity contribution in [3.63, 3.8) is 0 Å². The molecular formula is C100H90N2O16. The van der Waals surface area contributed by atoms with Crippen LogP contribution in [-0.4, -0.2) is 37.1 Å². The van der Waals surface area contributed by atoms with Crippen molar-refractivity contribution in [2.24, 2.45) is 0 Å². The van der Waals surface area contributed by atoms with E-state index in [0.717, 1.165) is 57.3 Å². The van der Waals surface area contributed by atoms with Gasteiger partial charge in [-0.15, -0.1) is 0 Å². The molecule has 2 heterocycles. The zero-order chi connectivity index (χ0) is 80.5. The maximum atomic E-state index is 15.5. The van der Waals surface area contributed by atoms with Gasteiger partial charge in [0, 0.05) is 60.3 Å². The zero-order valence-electron chi connectivity index (χ0n) is 65.3. The Kier molecular flexibility index (Phi) is 26.8. The highest BCUT2D eigenvalue weighted by atomic mass is 16.5. The Morgan fingerprint density at radius 2 is 0.568 bits per heavy atom. The Labute approximate surface area is 684 Å². The average molecular weight is 1580 g/mol. The Morgan fingerprint density at radius 1 is 0.297 bits per heavy atom. The number of rotatable bonds is 38. The quantitative estimate of drug-likeness (QED) is 0.0345. The highest BCUT2D eigenvalue weighted by molar-refractivity contribution is 5.90. The summed E-state index contributed by atoms with van der Waals surface area (Å²) in [7, 11) is 0. The van der Waals surface area contributed by atoms with E-state index in [9.17, 15) is 9.59 Å². The van der Waals surface area contributed by atoms with Crippen molar-refractivity contribution in [1.82, 2.24) is 10.6 Å². The van der Waals surface area contributed by atoms with Gasteiger partial charge in [0.15, 0.2) is 34.5 Å². The molecular weight excluding hydrogens is 1490 g/mol. The van der Waals surface area contributed by atoms with Gasteiger partial charge in [-0.3, -0.25) is 19.2 Å². The van der Waals surface area contributed by atoms with Crippen LogP contribution < -0.4 is 68.9 Å². The lowest BCUT2D eigenvalue weighted by Crippen LogP contribution is -2.53. The first-order chi connectivity index (χ1) is 58.1. The standard InChI is InChI=1S/C100H90N2O16/c103-91(47-27-53-107-99-95(105)93-87(115-67-75-41-21-7-22-42-75)57-79(109-61-69-29-9-1-10-30-69)59-89(93)117-97(99)77-49-51-83(111-63-71-33-13-3-14-34-71)85(55-77)113-65-73-37-17-5-18-38-73)101-81-45-25-26-46-82(81)102-92(104)48-28-54-108-100-96(106)94-88(116-68-76-43-23-8-24-44-76)58-80(110-62-70-31-11-2-12-32-70)60-90(94)118-98(100)78-50-52-84(112-64-72-35-15-4-16-36-72)86(56-78)114-66-74-39-19-6-20-40-74/h1-24,29-44,49-52,55-60,81-82H,25-28,45-48,53-54,61-68H2,(H,101,103)(H,102,104). The minimum atomic E-state index is -0.504. The van der Waals surface area contributed by atoms with Crippen molar-refractivity contribution in [2.75, 3.05) is 13.2 Å². The van der Waals surface area contributed by atoms with Crippen LogP contribution in [-0.2, 0) is 62.4 Å². The molecule has 0 aliphatic heterocycles. The van der Waals surface area contributed by atoms with E-state index in [2.05, 4.69) is 10.6 Å². The second-order valence-corrected chi connectivity index (χ2v) is 28.8. The molecule has 2 atom stereocenters. The second-order valence-electron chi connectivity index (χ2n) is 28.8. The second kappa shape index (κ2) is 39.8. The van der Waals surface area contributed by atoms with Gasteiger partial charge >= 0.3 is 0 Å². The topological polar surface area (TPSA) is 211 Å². The molecule has 0 radical (unpaired) electrons. The van der Waals surface area contributed by atoms with Gasteiger partial charge in [-0.1, -0.05) is 255 Å². The molecule has 0 bridgehead atoms. The summed E-state index contributed by atoms with van der Waals surface area (Å²) >= 11 is 0. The van der Waals surface area contributed by atoms with Crippen LogP contribution in [0.3, 0.4) is 0 Å². The molecule has 15 rings (SSSR count). The summed E-state index contributed by atoms with van der Waals surface area (Å²) in [6.45, 7) is 1.57. The predicted octanol–water partition coefficient (Wildman–Crippen LogP) is 20.4. The maximum Gasteiger partial charge on any atom is 0.239 e. The summed E-state index contributed by atoms with van der Waals surface area (Å²) in [4.78, 5) is 59.4. The number of amides is 2. The van der Waals surface area contributed by atoms with E-state index in [-0.39, 0.29) is 172 Å². The molecule has 2 N–H and O–H groups in total. The third-order valence-electron chi connectivity index (χ3n) is 20.2. The van der Waals surface area contributed by atoms with E-state index in [0.29, 0.717) is 58.5 Å². The summed E-state index contributed by atoms with van der Waals surface area (Å²) < 4.78 is 78.7. The molecule has 1 aliphatic carbocycles. The number of benzene rings is 12. The van der Waals surface area contributed by atoms with E-state index >= 15 is 9.59 Å². The van der Waals surface area contributed by atoms with Crippen molar-refractivity contribution in [2.45, 2.75) is 116 Å². The summed E-state index contributed by atoms with van der Waals surface area (Å²) in [5.41, 5.74) is 7.68. The van der Waals surface area contributed by atoms with Crippen LogP contribution in [0.2, 0.25) is 0 Å². The van der Waals surface area contributed by atoms with Crippen LogP contribution in [0.1, 0.15) is 95.9 Å². The van der Waals surface area contributed by atoms with E-state index in [1.165, 1.54) is 0 Å². The summed E-state index contributed by atoms with van der Waals surface area (Å²) in [6, 6.07) is 94.7. The van der Waals surface area contributed by atoms with Gasteiger partial charge in [0.25, 0.3) is 0 Å². The predicted molar refractivity (Wildman–Crippen MR) is 454 cm³/mol. The smallest absolute Gasteiger partial charge is 0.239 e. The Bertz CT molecular complexity index is 5410. The van der Waals surface area contributed by atoms with Gasteiger partial charge in [-0.25, -0.2) is 0 Å². The molecule has 18 heteroatoms. The lowest BCUT2D eigenvalue weighted by molar-refractivity contribution is -0.125. The van der Waals surface area contributed by atoms with Crippen molar-refractivity contribution >= 4 is 33.8 Å². The molecule has 14 aromatic rings. The fraction of sp³-hybridized carbons (Fsp3) is 0.200. The molecule has 2 amide bonds. The molecule has 0 saturated heterocycles. The van der Waals surface area contributed by atoms with E-state index in [1.807, 2.05) is 243 Å². The van der Waals surface area contributed by atoms with Crippen LogP contribution in [0.15, 0.2) is 322 Å². The fourth-order valence-electron chi connectivity index (χ4n) is 14.0. The number of carbonyl (C=O) groups is 2. The van der Waals surface area contributed by atoms with Crippen LogP contribution in [0.5, 0.6) is 57.5 Å². The minimum Gasteiger partial charge on any atom is -0.489 e. The molecule has 0 spiro atoms. The zero-order valence-corrected chi connectivity index (χ0v) is 65.3. The third-order valence-corrected chi connectivity index (χ3v) is 20.2. The van der Waals surface area contributed by atoms with Gasteiger partial charge in [0.05, 0.1) is 13.2 Å². The first kappa shape index (κ1) is 79.2. The number of hydrogen-bond acceptors (Lipinski definition) is 16. The first-order valence-electron chi connectivity index (χ1n) is 39.9. The van der Waals surface area contributed by atoms with Crippen LogP contribution in [0.4, 0.5) is 0 Å². The Balaban J connectivity index is 0.657. The first-order valence-corrected chi connectivity index (χ1v) is 39.9. The van der Waals surface area contributed by atoms with Crippen LogP contribution in [0.25, 0.3) is 44.6 Å². The average Bonchev–Trinajstić information content (AvgIpc) is 0.759. The largest absolute Gasteiger partial charge is 0.489 e. The Morgan fingerprint density at radius 3 is 0.864 bits per heavy atom. The monoisotopic (exact) mass is 1570 g/mol. The SMILES string of the molecule is O=C(CCCOc1c(-c2ccc(OCc3ccccc3)c(OCc3ccccc3)c2)oc2cc(OCc3ccccc3)cc(OCc3ccccc3)c2c1=O)NC1CCCCC1NC(=O)CCCOc1c(-c2ccc(OCc3ccccc3)c(OCc3ccccc3)c2)oc2cc(OCc3ccccc3)cc(OCc3ccccc3)c2c1=O. The van der Waals surface area contributed by atoms with Gasteiger partial charge in [-0.05, 0) is 107 Å². The number of fused-ring (bicyclic) bond motifs is 2. The van der Waals surface area contributed by atoms with Crippen molar-refractivity contribution in [1.29, 1.82) is 0 Å². The molecule has 2 aromatic heterocycles. The van der Waals surface area contributed by atoms with Crippen molar-refractivity contribution < 1.29 is 65.8 Å². The lowest BCUT2D eigenvalue weighted by atomic mass is 9.90. The normalized spacial score (nSPS) is 13.1. The Hall–Kier alpha value is -14.0. The molecule has 18 nitrogen and oxygen atoms in total. The molecule has 1 fully saturated rings. The number of ether oxygens (including phenoxy) is 10. The van der Waals surface area contributed by atoms with Gasteiger partial charge < -0.3 is 66.8 Å². The number of nitrogens with one attached hydrogen (secondary N) is 2. The molecule has 12 aromatic carbocycles. The summed E-state index contributed by atoms with van der Waals surface area (Å²) in [6.07, 6.45) is 3.42. The van der Waals surface area contributed by atoms with Gasteiger partial charge in [0.2, 0.25) is 34.2 Å². The highest BCUT2D eigenvalue weighted by Crippen LogP contribution is 2.44. The minimum absolute atomic E-state index is 0.0318. The number of carbonyl (C=O) groups excluding carboxylic acids is 2. The fourth-order valence-corrected chi connectivity index (χ4v) is 14.0. The van der Waals surface area contributed by atoms with Crippen LogP contribution in [0, 0.1) is 0 Å². The summed E-state index contributed by atoms with van der Waals surface area (Å²) in [5.74, 6) is 2.50. The van der Waals surface area contributed by atoms with E-state index in [4.69, 9.17) is 56.2 Å².